The Morgan fingerprint density at radius 2 is 1.93 bits per heavy atom. The van der Waals surface area contributed by atoms with Crippen LogP contribution in [0.2, 0.25) is 5.02 Å². The van der Waals surface area contributed by atoms with Crippen molar-refractivity contribution in [2.45, 2.75) is 13.3 Å². The van der Waals surface area contributed by atoms with Crippen LogP contribution in [0.1, 0.15) is 22.3 Å². The summed E-state index contributed by atoms with van der Waals surface area (Å²) >= 11 is 9.64. The van der Waals surface area contributed by atoms with Gasteiger partial charge < -0.3 is 15.1 Å². The number of aryl methyl sites for hydroxylation is 1. The number of amides is 3. The minimum Gasteiger partial charge on any atom is -0.345 e. The van der Waals surface area contributed by atoms with E-state index in [0.717, 1.165) is 15.7 Å². The van der Waals surface area contributed by atoms with Crippen molar-refractivity contribution in [3.63, 3.8) is 0 Å². The first-order valence-electron chi connectivity index (χ1n) is 9.06. The number of carbonyl (C=O) groups excluding carboxylic acids is 3. The minimum absolute atomic E-state index is 0.102. The van der Waals surface area contributed by atoms with Crippen LogP contribution in [-0.4, -0.2) is 43.3 Å². The number of halogens is 2. The lowest BCUT2D eigenvalue weighted by molar-refractivity contribution is -0.122. The SMILES string of the molecule is Cc1cc(N2CC(C(=O)Nc3cc(C(=O)N(C)C)ccc3Cl)CC2=O)ccc1Br. The number of hydrogen-bond acceptors (Lipinski definition) is 3. The summed E-state index contributed by atoms with van der Waals surface area (Å²) in [5, 5.41) is 3.10. The van der Waals surface area contributed by atoms with E-state index in [2.05, 4.69) is 21.2 Å². The first kappa shape index (κ1) is 21.3. The fourth-order valence-electron chi connectivity index (χ4n) is 3.18. The standard InChI is InChI=1S/C21H21BrClN3O3/c1-12-8-15(5-6-16(12)22)26-11-14(10-19(26)27)20(28)24-18-9-13(4-7-17(18)23)21(29)25(2)3/h4-9,14H,10-11H2,1-3H3,(H,24,28). The molecule has 0 aromatic heterocycles. The molecule has 2 aromatic carbocycles. The molecule has 152 valence electrons. The van der Waals surface area contributed by atoms with Crippen molar-refractivity contribution in [2.24, 2.45) is 5.92 Å². The molecule has 8 heteroatoms. The van der Waals surface area contributed by atoms with Gasteiger partial charge in [0.15, 0.2) is 0 Å². The fourth-order valence-corrected chi connectivity index (χ4v) is 3.59. The first-order valence-corrected chi connectivity index (χ1v) is 10.2. The van der Waals surface area contributed by atoms with Gasteiger partial charge in [0, 0.05) is 42.8 Å². The molecular weight excluding hydrogens is 458 g/mol. The zero-order chi connectivity index (χ0) is 21.3. The molecular formula is C21H21BrClN3O3. The molecule has 2 aromatic rings. The van der Waals surface area contributed by atoms with Gasteiger partial charge in [-0.3, -0.25) is 14.4 Å². The van der Waals surface area contributed by atoms with Crippen molar-refractivity contribution < 1.29 is 14.4 Å². The topological polar surface area (TPSA) is 69.7 Å². The molecule has 0 spiro atoms. The Hall–Kier alpha value is -2.38. The van der Waals surface area contributed by atoms with Crippen molar-refractivity contribution in [2.75, 3.05) is 30.9 Å². The molecule has 0 aliphatic carbocycles. The molecule has 1 unspecified atom stereocenters. The zero-order valence-corrected chi connectivity index (χ0v) is 18.7. The number of carbonyl (C=O) groups is 3. The predicted octanol–water partition coefficient (Wildman–Crippen LogP) is 4.10. The highest BCUT2D eigenvalue weighted by Crippen LogP contribution is 2.30. The summed E-state index contributed by atoms with van der Waals surface area (Å²) in [6, 6.07) is 10.4. The molecule has 3 amide bonds. The van der Waals surface area contributed by atoms with E-state index in [1.54, 1.807) is 37.2 Å². The molecule has 1 N–H and O–H groups in total. The maximum Gasteiger partial charge on any atom is 0.253 e. The van der Waals surface area contributed by atoms with Crippen LogP contribution >= 0.6 is 27.5 Å². The second kappa shape index (κ2) is 8.55. The summed E-state index contributed by atoms with van der Waals surface area (Å²) in [7, 11) is 3.30. The second-order valence-corrected chi connectivity index (χ2v) is 8.48. The van der Waals surface area contributed by atoms with Crippen molar-refractivity contribution in [1.82, 2.24) is 4.90 Å². The molecule has 1 fully saturated rings. The number of hydrogen-bond donors (Lipinski definition) is 1. The lowest BCUT2D eigenvalue weighted by atomic mass is 10.1. The Morgan fingerprint density at radius 1 is 1.21 bits per heavy atom. The van der Waals surface area contributed by atoms with Crippen LogP contribution < -0.4 is 10.2 Å². The molecule has 1 saturated heterocycles. The highest BCUT2D eigenvalue weighted by atomic mass is 79.9. The van der Waals surface area contributed by atoms with Crippen molar-refractivity contribution in [1.29, 1.82) is 0 Å². The average Bonchev–Trinajstić information content (AvgIpc) is 3.07. The number of rotatable bonds is 4. The van der Waals surface area contributed by atoms with Crippen LogP contribution in [-0.2, 0) is 9.59 Å². The lowest BCUT2D eigenvalue weighted by Crippen LogP contribution is -2.28. The van der Waals surface area contributed by atoms with Crippen LogP contribution in [0.5, 0.6) is 0 Å². The Morgan fingerprint density at radius 3 is 2.59 bits per heavy atom. The van der Waals surface area contributed by atoms with Crippen molar-refractivity contribution >= 4 is 56.6 Å². The van der Waals surface area contributed by atoms with Crippen LogP contribution in [0.4, 0.5) is 11.4 Å². The van der Waals surface area contributed by atoms with Gasteiger partial charge in [0.2, 0.25) is 11.8 Å². The quantitative estimate of drug-likeness (QED) is 0.719. The second-order valence-electron chi connectivity index (χ2n) is 7.22. The van der Waals surface area contributed by atoms with Crippen molar-refractivity contribution in [3.8, 4) is 0 Å². The molecule has 0 radical (unpaired) electrons. The fraction of sp³-hybridized carbons (Fsp3) is 0.286. The number of nitrogens with zero attached hydrogens (tertiary/aromatic N) is 2. The molecule has 6 nitrogen and oxygen atoms in total. The smallest absolute Gasteiger partial charge is 0.253 e. The monoisotopic (exact) mass is 477 g/mol. The average molecular weight is 479 g/mol. The van der Waals surface area contributed by atoms with Crippen molar-refractivity contribution in [3.05, 3.63) is 57.0 Å². The number of nitrogens with one attached hydrogen (secondary N) is 1. The molecule has 0 bridgehead atoms. The van der Waals surface area contributed by atoms with Gasteiger partial charge >= 0.3 is 0 Å². The summed E-state index contributed by atoms with van der Waals surface area (Å²) in [6.07, 6.45) is 0.120. The molecule has 1 aliphatic rings. The van der Waals surface area contributed by atoms with E-state index in [1.807, 2.05) is 25.1 Å². The normalized spacial score (nSPS) is 16.1. The summed E-state index contributed by atoms with van der Waals surface area (Å²) < 4.78 is 0.962. The van der Waals surface area contributed by atoms with E-state index in [4.69, 9.17) is 11.6 Å². The third kappa shape index (κ3) is 4.62. The summed E-state index contributed by atoms with van der Waals surface area (Å²) in [5.74, 6) is -1.10. The van der Waals surface area contributed by atoms with Gasteiger partial charge in [0.1, 0.15) is 0 Å². The number of anilines is 2. The van der Waals surface area contributed by atoms with Gasteiger partial charge in [0.05, 0.1) is 16.6 Å². The Labute approximate surface area is 182 Å². The Bertz CT molecular complexity index is 993. The molecule has 29 heavy (non-hydrogen) atoms. The van der Waals surface area contributed by atoms with Crippen LogP contribution in [0, 0.1) is 12.8 Å². The molecule has 3 rings (SSSR count). The van der Waals surface area contributed by atoms with E-state index in [-0.39, 0.29) is 24.1 Å². The van der Waals surface area contributed by atoms with Gasteiger partial charge in [-0.1, -0.05) is 27.5 Å². The van der Waals surface area contributed by atoms with E-state index < -0.39 is 5.92 Å². The van der Waals surface area contributed by atoms with E-state index in [9.17, 15) is 14.4 Å². The lowest BCUT2D eigenvalue weighted by Gasteiger charge is -2.18. The highest BCUT2D eigenvalue weighted by molar-refractivity contribution is 9.10. The third-order valence-electron chi connectivity index (χ3n) is 4.83. The van der Waals surface area contributed by atoms with Crippen LogP contribution in [0.3, 0.4) is 0 Å². The first-order chi connectivity index (χ1) is 13.7. The van der Waals surface area contributed by atoms with Gasteiger partial charge in [0.25, 0.3) is 5.91 Å². The van der Waals surface area contributed by atoms with Gasteiger partial charge in [-0.2, -0.15) is 0 Å². The van der Waals surface area contributed by atoms with Gasteiger partial charge in [-0.15, -0.1) is 0 Å². The van der Waals surface area contributed by atoms with Crippen LogP contribution in [0.15, 0.2) is 40.9 Å². The van der Waals surface area contributed by atoms with Crippen LogP contribution in [0.25, 0.3) is 0 Å². The molecule has 1 aliphatic heterocycles. The largest absolute Gasteiger partial charge is 0.345 e. The minimum atomic E-state index is -0.504. The molecule has 1 heterocycles. The maximum absolute atomic E-state index is 12.8. The molecule has 0 saturated carbocycles. The summed E-state index contributed by atoms with van der Waals surface area (Å²) in [6.45, 7) is 2.24. The highest BCUT2D eigenvalue weighted by Gasteiger charge is 2.35. The molecule has 1 atom stereocenters. The van der Waals surface area contributed by atoms with E-state index >= 15 is 0 Å². The third-order valence-corrected chi connectivity index (χ3v) is 6.05. The Kier molecular flexibility index (Phi) is 6.29. The van der Waals surface area contributed by atoms with E-state index in [1.165, 1.54) is 4.90 Å². The van der Waals surface area contributed by atoms with Gasteiger partial charge in [-0.05, 0) is 48.9 Å². The van der Waals surface area contributed by atoms with E-state index in [0.29, 0.717) is 22.8 Å². The van der Waals surface area contributed by atoms with Gasteiger partial charge in [-0.25, -0.2) is 0 Å². The summed E-state index contributed by atoms with van der Waals surface area (Å²) in [4.78, 5) is 40.5. The maximum atomic E-state index is 12.8. The summed E-state index contributed by atoms with van der Waals surface area (Å²) in [5.41, 5.74) is 2.55. The predicted molar refractivity (Wildman–Crippen MR) is 117 cm³/mol. The zero-order valence-electron chi connectivity index (χ0n) is 16.3. The number of benzene rings is 2. The Balaban J connectivity index is 1.75.